The fourth-order valence-electron chi connectivity index (χ4n) is 4.55. The quantitative estimate of drug-likeness (QED) is 0.153. The lowest BCUT2D eigenvalue weighted by Gasteiger charge is -2.49. The smallest absolute Gasteiger partial charge is 0.310 e. The maximum absolute atomic E-state index is 13.4. The molecule has 1 fully saturated rings. The molecule has 200 valence electrons. The van der Waals surface area contributed by atoms with Crippen molar-refractivity contribution in [2.24, 2.45) is 11.8 Å². The average molecular weight is 722 g/mol. The molecule has 8 heteroatoms. The van der Waals surface area contributed by atoms with Crippen LogP contribution in [0.1, 0.15) is 23.0 Å². The molecule has 1 aliphatic rings. The Kier molecular flexibility index (Phi) is 12.8. The van der Waals surface area contributed by atoms with Gasteiger partial charge in [-0.05, 0) is 11.1 Å². The fraction of sp³-hybridized carbons (Fsp3) is 0.500. The second-order valence-corrected chi connectivity index (χ2v) is 11.3. The van der Waals surface area contributed by atoms with Gasteiger partial charge in [-0.3, -0.25) is 9.59 Å². The summed E-state index contributed by atoms with van der Waals surface area (Å²) in [5.41, 5.74) is 1.94. The van der Waals surface area contributed by atoms with Gasteiger partial charge in [0, 0.05) is 11.8 Å². The van der Waals surface area contributed by atoms with Gasteiger partial charge in [0.1, 0.15) is 26.3 Å². The van der Waals surface area contributed by atoms with Crippen molar-refractivity contribution in [3.05, 3.63) is 71.8 Å². The van der Waals surface area contributed by atoms with Crippen LogP contribution in [-0.2, 0) is 19.1 Å². The first kappa shape index (κ1) is 32.8. The van der Waals surface area contributed by atoms with Crippen LogP contribution in [0, 0.1) is 11.8 Å². The summed E-state index contributed by atoms with van der Waals surface area (Å²) >= 11 is 0. The second kappa shape index (κ2) is 14.1. The third-order valence-electron chi connectivity index (χ3n) is 6.47. The average Bonchev–Trinajstić information content (AvgIpc) is 2.73. The number of quaternary nitrogens is 2. The number of carbonyl (C=O) groups is 2. The highest BCUT2D eigenvalue weighted by Gasteiger charge is 2.59. The normalized spacial score (nSPS) is 21.3. The number of nitrogens with zero attached hydrogens (tertiary/aromatic N) is 2. The minimum atomic E-state index is -0.437. The molecule has 0 amide bonds. The molecular weight excluding hydrogens is 682 g/mol. The van der Waals surface area contributed by atoms with E-state index in [4.69, 9.17) is 9.47 Å². The Morgan fingerprint density at radius 3 is 1.19 bits per heavy atom. The molecule has 36 heavy (non-hydrogen) atoms. The Bertz CT molecular complexity index is 872. The summed E-state index contributed by atoms with van der Waals surface area (Å²) in [6.45, 7) is 2.14. The van der Waals surface area contributed by atoms with Crippen LogP contribution in [0.5, 0.6) is 0 Å². The highest BCUT2D eigenvalue weighted by atomic mass is 127. The Morgan fingerprint density at radius 2 is 0.917 bits per heavy atom. The van der Waals surface area contributed by atoms with Gasteiger partial charge in [0.25, 0.3) is 0 Å². The summed E-state index contributed by atoms with van der Waals surface area (Å²) in [5, 5.41) is 0. The first-order valence-corrected chi connectivity index (χ1v) is 12.0. The highest BCUT2D eigenvalue weighted by molar-refractivity contribution is 5.85. The number of ether oxygens (including phenoxy) is 2. The van der Waals surface area contributed by atoms with E-state index in [-0.39, 0.29) is 71.7 Å². The molecule has 1 aliphatic carbocycles. The van der Waals surface area contributed by atoms with Crippen LogP contribution in [0.3, 0.4) is 0 Å². The molecule has 0 aliphatic heterocycles. The maximum atomic E-state index is 13.4. The summed E-state index contributed by atoms with van der Waals surface area (Å²) in [6, 6.07) is 19.6. The Morgan fingerprint density at radius 1 is 0.611 bits per heavy atom. The number of hydrogen-bond acceptors (Lipinski definition) is 4. The van der Waals surface area contributed by atoms with Gasteiger partial charge in [-0.15, -0.1) is 0 Å². The Labute approximate surface area is 250 Å². The summed E-state index contributed by atoms with van der Waals surface area (Å²) in [4.78, 5) is 26.8. The zero-order chi connectivity index (χ0) is 24.9. The van der Waals surface area contributed by atoms with Crippen LogP contribution in [-0.4, -0.2) is 89.5 Å². The van der Waals surface area contributed by atoms with E-state index in [1.54, 1.807) is 0 Å². The molecule has 2 aromatic carbocycles. The zero-order valence-corrected chi connectivity index (χ0v) is 26.5. The molecule has 2 aromatic rings. The first-order valence-electron chi connectivity index (χ1n) is 12.0. The molecule has 0 bridgehead atoms. The van der Waals surface area contributed by atoms with E-state index in [9.17, 15) is 9.59 Å². The van der Waals surface area contributed by atoms with Gasteiger partial charge in [0.05, 0.1) is 54.1 Å². The van der Waals surface area contributed by atoms with Crippen molar-refractivity contribution in [1.29, 1.82) is 0 Å². The molecule has 0 saturated heterocycles. The summed E-state index contributed by atoms with van der Waals surface area (Å²) in [5.74, 6) is -1.92. The molecule has 0 N–H and O–H groups in total. The monoisotopic (exact) mass is 722 g/mol. The molecule has 1 saturated carbocycles. The van der Waals surface area contributed by atoms with E-state index < -0.39 is 11.8 Å². The van der Waals surface area contributed by atoms with E-state index in [0.717, 1.165) is 24.2 Å². The van der Waals surface area contributed by atoms with E-state index >= 15 is 0 Å². The van der Waals surface area contributed by atoms with E-state index in [1.807, 2.05) is 60.7 Å². The van der Waals surface area contributed by atoms with Crippen LogP contribution in [0.15, 0.2) is 60.7 Å². The van der Waals surface area contributed by atoms with Gasteiger partial charge in [0.2, 0.25) is 0 Å². The van der Waals surface area contributed by atoms with Gasteiger partial charge in [-0.1, -0.05) is 60.7 Å². The van der Waals surface area contributed by atoms with E-state index in [1.165, 1.54) is 0 Å². The predicted molar refractivity (Wildman–Crippen MR) is 133 cm³/mol. The van der Waals surface area contributed by atoms with Crippen molar-refractivity contribution in [3.8, 4) is 0 Å². The number of benzene rings is 2. The van der Waals surface area contributed by atoms with Gasteiger partial charge < -0.3 is 66.4 Å². The highest BCUT2D eigenvalue weighted by Crippen LogP contribution is 2.58. The topological polar surface area (TPSA) is 52.6 Å². The summed E-state index contributed by atoms with van der Waals surface area (Å²) in [7, 11) is 12.4. The molecule has 6 nitrogen and oxygen atoms in total. The molecular formula is C28H40I2N2O4. The lowest BCUT2D eigenvalue weighted by Crippen LogP contribution is -3.00. The van der Waals surface area contributed by atoms with Crippen LogP contribution < -0.4 is 48.0 Å². The lowest BCUT2D eigenvalue weighted by atomic mass is 9.52. The number of likely N-dealkylation sites (N-methyl/N-ethyl adjacent to an activating group) is 2. The van der Waals surface area contributed by atoms with Crippen LogP contribution in [0.2, 0.25) is 0 Å². The maximum Gasteiger partial charge on any atom is 0.310 e. The minimum Gasteiger partial charge on any atom is -1.00 e. The van der Waals surface area contributed by atoms with Crippen molar-refractivity contribution in [2.45, 2.75) is 11.8 Å². The molecule has 0 unspecified atom stereocenters. The molecule has 0 aromatic heterocycles. The largest absolute Gasteiger partial charge is 1.00 e. The van der Waals surface area contributed by atoms with Gasteiger partial charge in [-0.2, -0.15) is 0 Å². The number of esters is 2. The first-order chi connectivity index (χ1) is 16.0. The number of hydrogen-bond donors (Lipinski definition) is 0. The van der Waals surface area contributed by atoms with Gasteiger partial charge in [-0.25, -0.2) is 0 Å². The minimum absolute atomic E-state index is 0. The summed E-state index contributed by atoms with van der Waals surface area (Å²) in [6.07, 6.45) is 0. The van der Waals surface area contributed by atoms with Crippen molar-refractivity contribution in [3.63, 3.8) is 0 Å². The van der Waals surface area contributed by atoms with Crippen molar-refractivity contribution in [2.75, 3.05) is 68.6 Å². The third-order valence-corrected chi connectivity index (χ3v) is 6.47. The SMILES string of the molecule is C[N+](C)(C)CCOC(=O)C1C(c2ccccc2)C(C(=O)OCC[N+](C)(C)C)C1c1ccccc1.[I-].[I-]. The number of carbonyl (C=O) groups excluding carboxylic acids is 2. The van der Waals surface area contributed by atoms with E-state index in [2.05, 4.69) is 42.3 Å². The molecule has 0 radical (unpaired) electrons. The molecule has 0 atom stereocenters. The van der Waals surface area contributed by atoms with Crippen LogP contribution in [0.4, 0.5) is 0 Å². The van der Waals surface area contributed by atoms with Crippen LogP contribution in [0.25, 0.3) is 0 Å². The number of halogens is 2. The van der Waals surface area contributed by atoms with E-state index in [0.29, 0.717) is 22.2 Å². The zero-order valence-electron chi connectivity index (χ0n) is 22.2. The predicted octanol–water partition coefficient (Wildman–Crippen LogP) is -2.69. The van der Waals surface area contributed by atoms with Crippen molar-refractivity contribution < 1.29 is 76.0 Å². The Balaban J connectivity index is 0.00000324. The molecule has 3 rings (SSSR count). The number of rotatable bonds is 10. The van der Waals surface area contributed by atoms with Gasteiger partial charge >= 0.3 is 11.9 Å². The molecule has 0 heterocycles. The second-order valence-electron chi connectivity index (χ2n) is 11.3. The third kappa shape index (κ3) is 8.95. The molecule has 0 spiro atoms. The lowest BCUT2D eigenvalue weighted by molar-refractivity contribution is -0.870. The summed E-state index contributed by atoms with van der Waals surface area (Å²) < 4.78 is 13.0. The fourth-order valence-corrected chi connectivity index (χ4v) is 4.55. The van der Waals surface area contributed by atoms with Crippen molar-refractivity contribution >= 4 is 11.9 Å². The standard InChI is InChI=1S/C28H40N2O4.2HI/c1-29(2,3)17-19-33-27(31)25-23(21-13-9-7-10-14-21)26(24(25)22-15-11-8-12-16-22)28(32)34-20-18-30(4,5)6;;/h7-16,23-26H,17-20H2,1-6H3;2*1H/q+2;;/p-2. The van der Waals surface area contributed by atoms with Crippen LogP contribution >= 0.6 is 0 Å². The Hall–Kier alpha value is -1.24. The van der Waals surface area contributed by atoms with Crippen molar-refractivity contribution in [1.82, 2.24) is 0 Å². The van der Waals surface area contributed by atoms with Gasteiger partial charge in [0.15, 0.2) is 0 Å².